The molecular formula is C25H25N7O7. The van der Waals surface area contributed by atoms with Crippen LogP contribution in [0.5, 0.6) is 17.4 Å². The minimum Gasteiger partial charge on any atom is -0.505 e. The van der Waals surface area contributed by atoms with Crippen molar-refractivity contribution in [1.29, 1.82) is 0 Å². The molecule has 2 amide bonds. The molecule has 202 valence electrons. The number of rotatable bonds is 9. The molecule has 39 heavy (non-hydrogen) atoms. The molecule has 3 aliphatic heterocycles. The molecular weight excluding hydrogens is 510 g/mol. The van der Waals surface area contributed by atoms with Crippen LogP contribution < -0.4 is 25.0 Å². The van der Waals surface area contributed by atoms with Gasteiger partial charge in [0.15, 0.2) is 18.2 Å². The van der Waals surface area contributed by atoms with Crippen molar-refractivity contribution in [2.24, 2.45) is 0 Å². The van der Waals surface area contributed by atoms with Gasteiger partial charge in [0, 0.05) is 18.3 Å². The van der Waals surface area contributed by atoms with Crippen LogP contribution in [0.3, 0.4) is 0 Å². The van der Waals surface area contributed by atoms with Gasteiger partial charge in [0.2, 0.25) is 5.88 Å². The first-order valence-electron chi connectivity index (χ1n) is 12.4. The summed E-state index contributed by atoms with van der Waals surface area (Å²) in [6.07, 6.45) is 4.28. The maximum atomic E-state index is 12.4. The van der Waals surface area contributed by atoms with Gasteiger partial charge in [-0.3, -0.25) is 19.7 Å². The molecule has 3 N–H and O–H groups in total. The molecule has 14 heteroatoms. The Morgan fingerprint density at radius 2 is 2.08 bits per heavy atom. The summed E-state index contributed by atoms with van der Waals surface area (Å²) in [7, 11) is 0. The van der Waals surface area contributed by atoms with Crippen molar-refractivity contribution in [1.82, 2.24) is 25.3 Å². The molecule has 0 unspecified atom stereocenters. The van der Waals surface area contributed by atoms with Gasteiger partial charge in [-0.1, -0.05) is 0 Å². The Hall–Kier alpha value is -4.56. The molecule has 0 aliphatic carbocycles. The molecule has 2 saturated heterocycles. The van der Waals surface area contributed by atoms with E-state index in [9.17, 15) is 14.7 Å². The van der Waals surface area contributed by atoms with Crippen LogP contribution in [0.15, 0.2) is 36.8 Å². The van der Waals surface area contributed by atoms with E-state index >= 15 is 0 Å². The fourth-order valence-electron chi connectivity index (χ4n) is 4.25. The van der Waals surface area contributed by atoms with E-state index in [4.69, 9.17) is 18.9 Å². The molecule has 6 heterocycles. The van der Waals surface area contributed by atoms with Gasteiger partial charge < -0.3 is 34.7 Å². The number of pyridine rings is 2. The van der Waals surface area contributed by atoms with Crippen LogP contribution in [-0.2, 0) is 20.8 Å². The number of aromatic nitrogens is 4. The average molecular weight is 536 g/mol. The topological polar surface area (TPSA) is 170 Å². The maximum Gasteiger partial charge on any atom is 0.415 e. The van der Waals surface area contributed by atoms with E-state index in [0.717, 1.165) is 0 Å². The third-order valence-corrected chi connectivity index (χ3v) is 6.33. The largest absolute Gasteiger partial charge is 0.505 e. The SMILES string of the molecule is O=C1COc2ccc(N3C[C@H](CCNCc4nccc(-c5cncc(OC6COC6)n5)c4O)OC3=O)nc2N1. The zero-order valence-corrected chi connectivity index (χ0v) is 20.7. The van der Waals surface area contributed by atoms with E-state index in [0.29, 0.717) is 73.7 Å². The number of carbonyl (C=O) groups excluding carboxylic acids is 2. The van der Waals surface area contributed by atoms with Crippen molar-refractivity contribution in [2.45, 2.75) is 25.2 Å². The van der Waals surface area contributed by atoms with E-state index in [-0.39, 0.29) is 36.3 Å². The highest BCUT2D eigenvalue weighted by atomic mass is 16.6. The van der Waals surface area contributed by atoms with Crippen LogP contribution in [0, 0.1) is 0 Å². The first kappa shape index (κ1) is 24.8. The average Bonchev–Trinajstić information content (AvgIpc) is 3.29. The highest BCUT2D eigenvalue weighted by molar-refractivity contribution is 5.95. The van der Waals surface area contributed by atoms with Crippen molar-refractivity contribution < 1.29 is 33.6 Å². The summed E-state index contributed by atoms with van der Waals surface area (Å²) in [5.41, 5.74) is 1.40. The number of ether oxygens (including phenoxy) is 4. The van der Waals surface area contributed by atoms with Crippen LogP contribution >= 0.6 is 0 Å². The van der Waals surface area contributed by atoms with Gasteiger partial charge in [-0.15, -0.1) is 0 Å². The number of fused-ring (bicyclic) bond motifs is 1. The Morgan fingerprint density at radius 3 is 2.92 bits per heavy atom. The van der Waals surface area contributed by atoms with Gasteiger partial charge >= 0.3 is 6.09 Å². The number of hydrogen-bond donors (Lipinski definition) is 3. The summed E-state index contributed by atoms with van der Waals surface area (Å²) >= 11 is 0. The van der Waals surface area contributed by atoms with Crippen LogP contribution in [-0.4, -0.2) is 82.2 Å². The number of anilines is 2. The lowest BCUT2D eigenvalue weighted by Crippen LogP contribution is -2.38. The lowest BCUT2D eigenvalue weighted by molar-refractivity contribution is -0.118. The molecule has 0 aromatic carbocycles. The molecule has 14 nitrogen and oxygen atoms in total. The van der Waals surface area contributed by atoms with E-state index < -0.39 is 6.09 Å². The number of nitrogens with one attached hydrogen (secondary N) is 2. The Kier molecular flexibility index (Phi) is 6.77. The van der Waals surface area contributed by atoms with Crippen LogP contribution in [0.4, 0.5) is 16.4 Å². The highest BCUT2D eigenvalue weighted by Crippen LogP contribution is 2.32. The van der Waals surface area contributed by atoms with Gasteiger partial charge in [-0.2, -0.15) is 0 Å². The van der Waals surface area contributed by atoms with Crippen LogP contribution in [0.25, 0.3) is 11.3 Å². The third kappa shape index (κ3) is 5.37. The maximum absolute atomic E-state index is 12.4. The fraction of sp³-hybridized carbons (Fsp3) is 0.360. The Morgan fingerprint density at radius 1 is 1.18 bits per heavy atom. The van der Waals surface area contributed by atoms with E-state index in [1.807, 2.05) is 0 Å². The van der Waals surface area contributed by atoms with E-state index in [1.54, 1.807) is 30.6 Å². The second-order valence-corrected chi connectivity index (χ2v) is 9.11. The third-order valence-electron chi connectivity index (χ3n) is 6.33. The Bertz CT molecular complexity index is 1400. The van der Waals surface area contributed by atoms with Crippen molar-refractivity contribution in [3.63, 3.8) is 0 Å². The van der Waals surface area contributed by atoms with Gasteiger partial charge in [0.05, 0.1) is 43.5 Å². The Labute approximate surface area is 222 Å². The zero-order valence-electron chi connectivity index (χ0n) is 20.7. The molecule has 0 bridgehead atoms. The molecule has 0 saturated carbocycles. The summed E-state index contributed by atoms with van der Waals surface area (Å²) in [6.45, 7) is 2.06. The van der Waals surface area contributed by atoms with Crippen molar-refractivity contribution in [3.8, 4) is 28.6 Å². The normalized spacial score (nSPS) is 18.6. The number of nitrogens with zero attached hydrogens (tertiary/aromatic N) is 5. The minimum absolute atomic E-state index is 0.00329. The number of amides is 2. The minimum atomic E-state index is -0.514. The molecule has 0 radical (unpaired) electrons. The second kappa shape index (κ2) is 10.7. The van der Waals surface area contributed by atoms with Crippen LogP contribution in [0.1, 0.15) is 12.1 Å². The molecule has 3 aromatic heterocycles. The predicted molar refractivity (Wildman–Crippen MR) is 134 cm³/mol. The quantitative estimate of drug-likeness (QED) is 0.336. The lowest BCUT2D eigenvalue weighted by Gasteiger charge is -2.26. The van der Waals surface area contributed by atoms with Crippen molar-refractivity contribution in [3.05, 3.63) is 42.5 Å². The smallest absolute Gasteiger partial charge is 0.415 e. The van der Waals surface area contributed by atoms with Crippen molar-refractivity contribution >= 4 is 23.6 Å². The first-order chi connectivity index (χ1) is 19.0. The summed E-state index contributed by atoms with van der Waals surface area (Å²) in [5, 5.41) is 16.7. The molecule has 3 aliphatic rings. The van der Waals surface area contributed by atoms with Crippen molar-refractivity contribution in [2.75, 3.05) is 43.1 Å². The van der Waals surface area contributed by atoms with E-state index in [1.165, 1.54) is 11.1 Å². The summed E-state index contributed by atoms with van der Waals surface area (Å²) in [6, 6.07) is 4.97. The molecule has 2 fully saturated rings. The monoisotopic (exact) mass is 535 g/mol. The summed E-state index contributed by atoms with van der Waals surface area (Å²) in [4.78, 5) is 42.7. The molecule has 0 spiro atoms. The predicted octanol–water partition coefficient (Wildman–Crippen LogP) is 1.25. The number of aromatic hydroxyl groups is 1. The standard InChI is InChI=1S/C25H25N7O7/c33-21-13-37-19-1-2-20(30-24(19)31-21)32-10-14(39-25(32)35)3-5-26-8-18-23(34)16(4-6-28-18)17-7-27-9-22(29-17)38-15-11-36-12-15/h1-2,4,6-7,9,14-15,26,34H,3,5,8,10-13H2,(H,30,31,33)/t14-/m0/s1. The lowest BCUT2D eigenvalue weighted by atomic mass is 10.1. The summed E-state index contributed by atoms with van der Waals surface area (Å²) < 4.78 is 21.6. The van der Waals surface area contributed by atoms with Gasteiger partial charge in [0.25, 0.3) is 5.91 Å². The Balaban J connectivity index is 1.03. The first-order valence-corrected chi connectivity index (χ1v) is 12.4. The van der Waals surface area contributed by atoms with Gasteiger partial charge in [-0.25, -0.2) is 14.8 Å². The highest BCUT2D eigenvalue weighted by Gasteiger charge is 2.33. The zero-order chi connectivity index (χ0) is 26.8. The summed E-state index contributed by atoms with van der Waals surface area (Å²) in [5.74, 6) is 1.14. The van der Waals surface area contributed by atoms with Gasteiger partial charge in [-0.05, 0) is 31.2 Å². The second-order valence-electron chi connectivity index (χ2n) is 9.11. The number of hydrogen-bond acceptors (Lipinski definition) is 12. The van der Waals surface area contributed by atoms with E-state index in [2.05, 4.69) is 30.6 Å². The number of carbonyl (C=O) groups is 2. The number of cyclic esters (lactones) is 1. The molecule has 6 rings (SSSR count). The molecule has 3 aromatic rings. The molecule has 1 atom stereocenters. The fourth-order valence-corrected chi connectivity index (χ4v) is 4.25. The van der Waals surface area contributed by atoms with Crippen LogP contribution in [0.2, 0.25) is 0 Å². The van der Waals surface area contributed by atoms with Gasteiger partial charge in [0.1, 0.15) is 23.8 Å².